The highest BCUT2D eigenvalue weighted by Gasteiger charge is 2.11. The van der Waals surface area contributed by atoms with Crippen molar-refractivity contribution >= 4 is 18.1 Å². The van der Waals surface area contributed by atoms with Crippen molar-refractivity contribution in [1.29, 1.82) is 0 Å². The minimum atomic E-state index is -1.02. The van der Waals surface area contributed by atoms with Gasteiger partial charge < -0.3 is 10.0 Å². The van der Waals surface area contributed by atoms with Crippen LogP contribution in [0.4, 0.5) is 5.69 Å². The van der Waals surface area contributed by atoms with Crippen LogP contribution in [0, 0.1) is 13.8 Å². The number of hydrogen-bond acceptors (Lipinski definition) is 2. The molecule has 1 aromatic carbocycles. The molecule has 0 atom stereocenters. The Bertz CT molecular complexity index is 387. The molecule has 0 fully saturated rings. The predicted octanol–water partition coefficient (Wildman–Crippen LogP) is 1.35. The molecule has 1 rings (SSSR count). The smallest absolute Gasteiger partial charge is 0.323 e. The van der Waals surface area contributed by atoms with Crippen molar-refractivity contribution in [2.75, 3.05) is 11.4 Å². The van der Waals surface area contributed by atoms with Gasteiger partial charge in [0.25, 0.3) is 0 Å². The Morgan fingerprint density at radius 2 is 2.13 bits per heavy atom. The lowest BCUT2D eigenvalue weighted by molar-refractivity contribution is -0.136. The van der Waals surface area contributed by atoms with Crippen LogP contribution in [0.1, 0.15) is 11.1 Å². The fraction of sp³-hybridized carbons (Fsp3) is 0.273. The lowest BCUT2D eigenvalue weighted by Gasteiger charge is -2.17. The van der Waals surface area contributed by atoms with Crippen molar-refractivity contribution < 1.29 is 14.7 Å². The van der Waals surface area contributed by atoms with Crippen molar-refractivity contribution in [3.8, 4) is 0 Å². The molecule has 1 N–H and O–H groups in total. The first kappa shape index (κ1) is 11.2. The zero-order chi connectivity index (χ0) is 11.4. The summed E-state index contributed by atoms with van der Waals surface area (Å²) in [4.78, 5) is 22.5. The van der Waals surface area contributed by atoms with Crippen LogP contribution in [0.25, 0.3) is 0 Å². The van der Waals surface area contributed by atoms with E-state index in [0.29, 0.717) is 12.1 Å². The summed E-state index contributed by atoms with van der Waals surface area (Å²) >= 11 is 0. The number of aliphatic carboxylic acids is 1. The molecule has 0 aliphatic heterocycles. The van der Waals surface area contributed by atoms with Gasteiger partial charge in [-0.1, -0.05) is 12.1 Å². The molecule has 15 heavy (non-hydrogen) atoms. The van der Waals surface area contributed by atoms with E-state index in [-0.39, 0.29) is 6.54 Å². The van der Waals surface area contributed by atoms with Crippen molar-refractivity contribution in [1.82, 2.24) is 0 Å². The SMILES string of the molecule is Cc1ccc(C)c(N(C=O)CC(=O)O)c1. The molecular weight excluding hydrogens is 194 g/mol. The van der Waals surface area contributed by atoms with Crippen LogP contribution in [-0.4, -0.2) is 24.0 Å². The van der Waals surface area contributed by atoms with Gasteiger partial charge in [0.05, 0.1) is 0 Å². The largest absolute Gasteiger partial charge is 0.480 e. The standard InChI is InChI=1S/C11H13NO3/c1-8-3-4-9(2)10(5-8)12(7-13)6-11(14)15/h3-5,7H,6H2,1-2H3,(H,14,15). The summed E-state index contributed by atoms with van der Waals surface area (Å²) in [5.41, 5.74) is 2.52. The van der Waals surface area contributed by atoms with Crippen LogP contribution in [-0.2, 0) is 9.59 Å². The van der Waals surface area contributed by atoms with Gasteiger partial charge >= 0.3 is 5.97 Å². The van der Waals surface area contributed by atoms with E-state index in [1.54, 1.807) is 6.07 Å². The van der Waals surface area contributed by atoms with Gasteiger partial charge in [0.2, 0.25) is 6.41 Å². The predicted molar refractivity (Wildman–Crippen MR) is 57.0 cm³/mol. The van der Waals surface area contributed by atoms with Crippen molar-refractivity contribution in [3.63, 3.8) is 0 Å². The molecule has 0 saturated heterocycles. The summed E-state index contributed by atoms with van der Waals surface area (Å²) in [6.45, 7) is 3.42. The maximum atomic E-state index is 10.8. The Morgan fingerprint density at radius 1 is 1.47 bits per heavy atom. The number of carboxylic acid groups (broad SMARTS) is 1. The molecule has 0 aliphatic carbocycles. The second kappa shape index (κ2) is 4.59. The van der Waals surface area contributed by atoms with E-state index < -0.39 is 5.97 Å². The highest BCUT2D eigenvalue weighted by molar-refractivity contribution is 5.85. The molecule has 1 amide bonds. The van der Waals surface area contributed by atoms with E-state index in [2.05, 4.69) is 0 Å². The topological polar surface area (TPSA) is 57.6 Å². The molecule has 1 aromatic rings. The van der Waals surface area contributed by atoms with Crippen LogP contribution in [0.15, 0.2) is 18.2 Å². The summed E-state index contributed by atoms with van der Waals surface area (Å²) < 4.78 is 0. The Hall–Kier alpha value is -1.84. The number of rotatable bonds is 4. The number of amides is 1. The Labute approximate surface area is 88.1 Å². The summed E-state index contributed by atoms with van der Waals surface area (Å²) in [6, 6.07) is 5.58. The molecule has 0 heterocycles. The lowest BCUT2D eigenvalue weighted by atomic mass is 10.1. The first-order valence-corrected chi connectivity index (χ1v) is 4.55. The van der Waals surface area contributed by atoms with Crippen molar-refractivity contribution in [3.05, 3.63) is 29.3 Å². The summed E-state index contributed by atoms with van der Waals surface area (Å²) in [5, 5.41) is 8.64. The molecule has 4 nitrogen and oxygen atoms in total. The van der Waals surface area contributed by atoms with E-state index in [0.717, 1.165) is 11.1 Å². The van der Waals surface area contributed by atoms with E-state index in [9.17, 15) is 9.59 Å². The van der Waals surface area contributed by atoms with E-state index >= 15 is 0 Å². The average Bonchev–Trinajstić information content (AvgIpc) is 2.18. The summed E-state index contributed by atoms with van der Waals surface area (Å²) in [5.74, 6) is -1.02. The molecule has 0 spiro atoms. The molecule has 0 aromatic heterocycles. The fourth-order valence-corrected chi connectivity index (χ4v) is 1.35. The number of hydrogen-bond donors (Lipinski definition) is 1. The molecule has 0 radical (unpaired) electrons. The molecule has 4 heteroatoms. The van der Waals surface area contributed by atoms with Crippen molar-refractivity contribution in [2.45, 2.75) is 13.8 Å². The number of nitrogens with zero attached hydrogens (tertiary/aromatic N) is 1. The average molecular weight is 207 g/mol. The normalized spacial score (nSPS) is 9.73. The monoisotopic (exact) mass is 207 g/mol. The van der Waals surface area contributed by atoms with Gasteiger partial charge in [-0.2, -0.15) is 0 Å². The summed E-state index contributed by atoms with van der Waals surface area (Å²) in [7, 11) is 0. The van der Waals surface area contributed by atoms with Crippen molar-refractivity contribution in [2.24, 2.45) is 0 Å². The zero-order valence-corrected chi connectivity index (χ0v) is 8.73. The molecule has 80 valence electrons. The van der Waals surface area contributed by atoms with E-state index in [1.165, 1.54) is 4.90 Å². The number of carboxylic acids is 1. The Morgan fingerprint density at radius 3 is 2.67 bits per heavy atom. The van der Waals surface area contributed by atoms with Gasteiger partial charge in [-0.05, 0) is 31.0 Å². The van der Waals surface area contributed by atoms with Crippen LogP contribution in [0.2, 0.25) is 0 Å². The van der Waals surface area contributed by atoms with Gasteiger partial charge in [-0.25, -0.2) is 0 Å². The van der Waals surface area contributed by atoms with Gasteiger partial charge in [-0.3, -0.25) is 9.59 Å². The Balaban J connectivity index is 3.05. The first-order valence-electron chi connectivity index (χ1n) is 4.55. The quantitative estimate of drug-likeness (QED) is 0.758. The summed E-state index contributed by atoms with van der Waals surface area (Å²) in [6.07, 6.45) is 0.538. The molecule has 0 unspecified atom stereocenters. The third-order valence-electron chi connectivity index (χ3n) is 2.11. The number of anilines is 1. The molecular formula is C11H13NO3. The minimum absolute atomic E-state index is 0.312. The van der Waals surface area contributed by atoms with Gasteiger partial charge in [0, 0.05) is 5.69 Å². The van der Waals surface area contributed by atoms with Crippen LogP contribution in [0.3, 0.4) is 0 Å². The third kappa shape index (κ3) is 2.80. The van der Waals surface area contributed by atoms with Crippen LogP contribution < -0.4 is 4.90 Å². The van der Waals surface area contributed by atoms with Gasteiger partial charge in [-0.15, -0.1) is 0 Å². The lowest BCUT2D eigenvalue weighted by Crippen LogP contribution is -2.28. The molecule has 0 aliphatic rings. The molecule has 0 bridgehead atoms. The highest BCUT2D eigenvalue weighted by Crippen LogP contribution is 2.20. The molecule has 0 saturated carbocycles. The second-order valence-electron chi connectivity index (χ2n) is 3.42. The maximum Gasteiger partial charge on any atom is 0.323 e. The fourth-order valence-electron chi connectivity index (χ4n) is 1.35. The second-order valence-corrected chi connectivity index (χ2v) is 3.42. The number of benzene rings is 1. The number of carbonyl (C=O) groups is 2. The zero-order valence-electron chi connectivity index (χ0n) is 8.73. The maximum absolute atomic E-state index is 10.8. The minimum Gasteiger partial charge on any atom is -0.480 e. The number of aryl methyl sites for hydroxylation is 2. The van der Waals surface area contributed by atoms with E-state index in [4.69, 9.17) is 5.11 Å². The van der Waals surface area contributed by atoms with Gasteiger partial charge in [0.15, 0.2) is 0 Å². The van der Waals surface area contributed by atoms with Crippen LogP contribution in [0.5, 0.6) is 0 Å². The highest BCUT2D eigenvalue weighted by atomic mass is 16.4. The first-order chi connectivity index (χ1) is 7.04. The third-order valence-corrected chi connectivity index (χ3v) is 2.11. The van der Waals surface area contributed by atoms with Gasteiger partial charge in [0.1, 0.15) is 6.54 Å². The van der Waals surface area contributed by atoms with E-state index in [1.807, 2.05) is 26.0 Å². The van der Waals surface area contributed by atoms with Crippen LogP contribution >= 0.6 is 0 Å². The Kier molecular flexibility index (Phi) is 3.44. The number of carbonyl (C=O) groups excluding carboxylic acids is 1.